The number of hydrogen-bond acceptors (Lipinski definition) is 6. The highest BCUT2D eigenvalue weighted by molar-refractivity contribution is 5.87. The van der Waals surface area contributed by atoms with Crippen LogP contribution in [0.25, 0.3) is 22.1 Å². The molecule has 6 nitrogen and oxygen atoms in total. The van der Waals surface area contributed by atoms with Gasteiger partial charge in [-0.25, -0.2) is 0 Å². The second kappa shape index (κ2) is 9.32. The molecule has 6 rings (SSSR count). The Hall–Kier alpha value is -2.83. The molecule has 0 radical (unpaired) electrons. The smallest absolute Gasteiger partial charge is 0.200 e. The lowest BCUT2D eigenvalue weighted by atomic mass is 9.83. The van der Waals surface area contributed by atoms with Crippen LogP contribution in [0.5, 0.6) is 11.5 Å². The summed E-state index contributed by atoms with van der Waals surface area (Å²) in [6, 6.07) is 12.1. The average Bonchev–Trinajstić information content (AvgIpc) is 2.89. The molecule has 35 heavy (non-hydrogen) atoms. The van der Waals surface area contributed by atoms with Crippen LogP contribution in [0.4, 0.5) is 0 Å². The SMILES string of the molecule is COc1ccccc1-c1c(C)oc2c3c(ccc2c1=O)OCN(C[C@H]1CCCN2CCCC[C@H]12)C3. The van der Waals surface area contributed by atoms with E-state index in [1.54, 1.807) is 7.11 Å². The second-order valence-corrected chi connectivity index (χ2v) is 10.3. The van der Waals surface area contributed by atoms with E-state index in [0.29, 0.717) is 46.7 Å². The molecular formula is C29H34N2O4. The van der Waals surface area contributed by atoms with Crippen LogP contribution in [0.15, 0.2) is 45.6 Å². The third-order valence-electron chi connectivity index (χ3n) is 8.18. The Balaban J connectivity index is 1.33. The summed E-state index contributed by atoms with van der Waals surface area (Å²) in [6.45, 7) is 6.73. The summed E-state index contributed by atoms with van der Waals surface area (Å²) in [4.78, 5) is 18.8. The molecule has 184 valence electrons. The fourth-order valence-electron chi connectivity index (χ4n) is 6.52. The lowest BCUT2D eigenvalue weighted by Gasteiger charge is -2.46. The fourth-order valence-corrected chi connectivity index (χ4v) is 6.52. The van der Waals surface area contributed by atoms with Crippen LogP contribution < -0.4 is 14.9 Å². The molecule has 0 unspecified atom stereocenters. The van der Waals surface area contributed by atoms with E-state index in [1.807, 2.05) is 43.3 Å². The van der Waals surface area contributed by atoms with Crippen molar-refractivity contribution in [1.82, 2.24) is 9.80 Å². The lowest BCUT2D eigenvalue weighted by molar-refractivity contribution is 0.0146. The molecule has 2 saturated heterocycles. The van der Waals surface area contributed by atoms with Gasteiger partial charge in [0, 0.05) is 24.7 Å². The summed E-state index contributed by atoms with van der Waals surface area (Å²) in [5.41, 5.74) is 2.92. The Kier molecular flexibility index (Phi) is 6.02. The van der Waals surface area contributed by atoms with Crippen LogP contribution in [0.3, 0.4) is 0 Å². The van der Waals surface area contributed by atoms with E-state index in [-0.39, 0.29) is 5.43 Å². The molecule has 2 fully saturated rings. The largest absolute Gasteiger partial charge is 0.496 e. The van der Waals surface area contributed by atoms with E-state index < -0.39 is 0 Å². The minimum Gasteiger partial charge on any atom is -0.496 e. The third kappa shape index (κ3) is 4.03. The highest BCUT2D eigenvalue weighted by Gasteiger charge is 2.35. The van der Waals surface area contributed by atoms with Crippen LogP contribution in [-0.4, -0.2) is 49.3 Å². The maximum Gasteiger partial charge on any atom is 0.200 e. The van der Waals surface area contributed by atoms with E-state index in [0.717, 1.165) is 30.0 Å². The standard InChI is InChI=1S/C29H34N2O4/c1-19-27(21-9-3-4-11-25(21)33-2)28(32)22-12-13-26-23(29(22)35-19)17-30(18-34-26)16-20-8-7-15-31-14-6-5-10-24(20)31/h3-4,9,11-13,20,24H,5-8,10,14-18H2,1-2H3/t20-,24-/m1/s1. The Morgan fingerprint density at radius 1 is 1.06 bits per heavy atom. The normalized spacial score (nSPS) is 22.9. The number of fused-ring (bicyclic) bond motifs is 4. The van der Waals surface area contributed by atoms with Crippen LogP contribution >= 0.6 is 0 Å². The van der Waals surface area contributed by atoms with Crippen LogP contribution in [0.1, 0.15) is 43.4 Å². The minimum absolute atomic E-state index is 0.0294. The number of piperidine rings is 2. The van der Waals surface area contributed by atoms with Gasteiger partial charge in [-0.2, -0.15) is 0 Å². The van der Waals surface area contributed by atoms with E-state index >= 15 is 0 Å². The van der Waals surface area contributed by atoms with Gasteiger partial charge in [0.25, 0.3) is 0 Å². The van der Waals surface area contributed by atoms with Crippen molar-refractivity contribution in [3.05, 3.63) is 57.9 Å². The van der Waals surface area contributed by atoms with Gasteiger partial charge < -0.3 is 18.8 Å². The van der Waals surface area contributed by atoms with Crippen LogP contribution in [-0.2, 0) is 6.54 Å². The molecule has 0 amide bonds. The molecule has 3 aliphatic heterocycles. The summed E-state index contributed by atoms with van der Waals surface area (Å²) in [6.07, 6.45) is 6.58. The van der Waals surface area contributed by atoms with E-state index in [1.165, 1.54) is 45.2 Å². The first-order valence-corrected chi connectivity index (χ1v) is 13.0. The molecule has 6 heteroatoms. The summed E-state index contributed by atoms with van der Waals surface area (Å²) < 4.78 is 18.1. The first-order valence-electron chi connectivity index (χ1n) is 13.0. The van der Waals surface area contributed by atoms with Crippen LogP contribution in [0.2, 0.25) is 0 Å². The predicted molar refractivity (Wildman–Crippen MR) is 137 cm³/mol. The van der Waals surface area contributed by atoms with Crippen LogP contribution in [0, 0.1) is 12.8 Å². The van der Waals surface area contributed by atoms with Crippen molar-refractivity contribution in [2.45, 2.75) is 51.6 Å². The number of nitrogens with zero attached hydrogens (tertiary/aromatic N) is 2. The quantitative estimate of drug-likeness (QED) is 0.519. The summed E-state index contributed by atoms with van der Waals surface area (Å²) in [5, 5.41) is 0.594. The van der Waals surface area contributed by atoms with Gasteiger partial charge in [-0.05, 0) is 69.8 Å². The molecule has 0 N–H and O–H groups in total. The number of methoxy groups -OCH3 is 1. The molecule has 0 aliphatic carbocycles. The topological polar surface area (TPSA) is 55.2 Å². The second-order valence-electron chi connectivity index (χ2n) is 10.3. The molecule has 2 atom stereocenters. The Bertz CT molecular complexity index is 1300. The number of rotatable bonds is 4. The molecule has 0 spiro atoms. The number of aryl methyl sites for hydroxylation is 1. The van der Waals surface area contributed by atoms with Gasteiger partial charge >= 0.3 is 0 Å². The Labute approximate surface area is 206 Å². The maximum atomic E-state index is 13.7. The zero-order chi connectivity index (χ0) is 23.9. The van der Waals surface area contributed by atoms with Gasteiger partial charge in [0.05, 0.1) is 23.6 Å². The average molecular weight is 475 g/mol. The first-order chi connectivity index (χ1) is 17.1. The van der Waals surface area contributed by atoms with Gasteiger partial charge in [-0.3, -0.25) is 9.69 Å². The molecule has 0 bridgehead atoms. The zero-order valence-electron chi connectivity index (χ0n) is 20.7. The number of ether oxygens (including phenoxy) is 2. The number of benzene rings is 2. The Morgan fingerprint density at radius 2 is 1.91 bits per heavy atom. The van der Waals surface area contributed by atoms with E-state index in [4.69, 9.17) is 13.9 Å². The van der Waals surface area contributed by atoms with Gasteiger partial charge in [0.2, 0.25) is 5.43 Å². The summed E-state index contributed by atoms with van der Waals surface area (Å²) in [7, 11) is 1.62. The third-order valence-corrected chi connectivity index (χ3v) is 8.18. The molecule has 2 aromatic carbocycles. The minimum atomic E-state index is -0.0294. The highest BCUT2D eigenvalue weighted by Crippen LogP contribution is 2.37. The molecule has 0 saturated carbocycles. The summed E-state index contributed by atoms with van der Waals surface area (Å²) in [5.74, 6) is 2.76. The van der Waals surface area contributed by atoms with Gasteiger partial charge in [-0.1, -0.05) is 24.6 Å². The molecule has 4 heterocycles. The monoisotopic (exact) mass is 474 g/mol. The van der Waals surface area contributed by atoms with Crippen molar-refractivity contribution < 1.29 is 13.9 Å². The molecule has 3 aliphatic rings. The predicted octanol–water partition coefficient (Wildman–Crippen LogP) is 5.19. The van der Waals surface area contributed by atoms with Crippen molar-refractivity contribution in [3.8, 4) is 22.6 Å². The van der Waals surface area contributed by atoms with Crippen molar-refractivity contribution in [2.75, 3.05) is 33.5 Å². The highest BCUT2D eigenvalue weighted by atomic mass is 16.5. The van der Waals surface area contributed by atoms with Crippen molar-refractivity contribution in [3.63, 3.8) is 0 Å². The van der Waals surface area contributed by atoms with Crippen molar-refractivity contribution in [1.29, 1.82) is 0 Å². The van der Waals surface area contributed by atoms with Gasteiger partial charge in [-0.15, -0.1) is 0 Å². The first kappa shape index (κ1) is 22.6. The molecular weight excluding hydrogens is 440 g/mol. The van der Waals surface area contributed by atoms with Gasteiger partial charge in [0.15, 0.2) is 0 Å². The lowest BCUT2D eigenvalue weighted by Crippen LogP contribution is -2.51. The van der Waals surface area contributed by atoms with Gasteiger partial charge in [0.1, 0.15) is 29.6 Å². The number of hydrogen-bond donors (Lipinski definition) is 0. The zero-order valence-corrected chi connectivity index (χ0v) is 20.7. The maximum absolute atomic E-state index is 13.7. The summed E-state index contributed by atoms with van der Waals surface area (Å²) >= 11 is 0. The molecule has 1 aromatic heterocycles. The van der Waals surface area contributed by atoms with Crippen molar-refractivity contribution >= 4 is 11.0 Å². The van der Waals surface area contributed by atoms with E-state index in [2.05, 4.69) is 9.80 Å². The number of para-hydroxylation sites is 1. The van der Waals surface area contributed by atoms with E-state index in [9.17, 15) is 4.79 Å². The fraction of sp³-hybridized carbons (Fsp3) is 0.483. The Morgan fingerprint density at radius 3 is 2.80 bits per heavy atom. The van der Waals surface area contributed by atoms with Crippen molar-refractivity contribution in [2.24, 2.45) is 5.92 Å². The molecule has 3 aromatic rings.